The van der Waals surface area contributed by atoms with Crippen molar-refractivity contribution in [3.8, 4) is 0 Å². The number of nitrogens with one attached hydrogen (secondary N) is 1. The van der Waals surface area contributed by atoms with Crippen molar-refractivity contribution >= 4 is 11.7 Å². The Morgan fingerprint density at radius 1 is 1.21 bits per heavy atom. The van der Waals surface area contributed by atoms with E-state index in [1.165, 1.54) is 0 Å². The Labute approximate surface area is 84.6 Å². The largest absolute Gasteiger partial charge is 0.366 e. The van der Waals surface area contributed by atoms with Crippen LogP contribution in [0.3, 0.4) is 0 Å². The lowest BCUT2D eigenvalue weighted by Gasteiger charge is -2.10. The van der Waals surface area contributed by atoms with Crippen LogP contribution in [-0.4, -0.2) is 30.7 Å². The number of benzene rings is 1. The SMILES string of the molecule is C/C(=N/C(=N)c1ccccc1)N(C)C. The van der Waals surface area contributed by atoms with E-state index >= 15 is 0 Å². The molecule has 0 aromatic heterocycles. The Kier molecular flexibility index (Phi) is 3.40. The molecule has 1 aromatic rings. The molecule has 0 aliphatic rings. The van der Waals surface area contributed by atoms with E-state index < -0.39 is 0 Å². The van der Waals surface area contributed by atoms with E-state index in [1.807, 2.05) is 56.3 Å². The number of rotatable bonds is 1. The van der Waals surface area contributed by atoms with Crippen molar-refractivity contribution in [3.63, 3.8) is 0 Å². The normalized spacial score (nSPS) is 11.2. The van der Waals surface area contributed by atoms with Gasteiger partial charge in [0.15, 0.2) is 5.84 Å². The highest BCUT2D eigenvalue weighted by Crippen LogP contribution is 2.01. The van der Waals surface area contributed by atoms with E-state index in [9.17, 15) is 0 Å². The van der Waals surface area contributed by atoms with Crippen LogP contribution in [0.4, 0.5) is 0 Å². The van der Waals surface area contributed by atoms with E-state index in [4.69, 9.17) is 5.41 Å². The van der Waals surface area contributed by atoms with E-state index in [1.54, 1.807) is 0 Å². The summed E-state index contributed by atoms with van der Waals surface area (Å²) < 4.78 is 0. The molecule has 3 heteroatoms. The molecule has 1 N–H and O–H groups in total. The lowest BCUT2D eigenvalue weighted by Crippen LogP contribution is -2.19. The Morgan fingerprint density at radius 2 is 1.79 bits per heavy atom. The van der Waals surface area contributed by atoms with Crippen LogP contribution in [0.2, 0.25) is 0 Å². The molecule has 0 unspecified atom stereocenters. The standard InChI is InChI=1S/C11H15N3/c1-9(14(2)3)13-11(12)10-7-5-4-6-8-10/h4-8,12H,1-3H3/b12-11?,13-9-. The fourth-order valence-electron chi connectivity index (χ4n) is 0.922. The summed E-state index contributed by atoms with van der Waals surface area (Å²) in [5.41, 5.74) is 0.841. The van der Waals surface area contributed by atoms with Gasteiger partial charge in [0.1, 0.15) is 5.84 Å². The molecule has 0 atom stereocenters. The van der Waals surface area contributed by atoms with E-state index in [2.05, 4.69) is 4.99 Å². The summed E-state index contributed by atoms with van der Waals surface area (Å²) in [5.74, 6) is 1.13. The zero-order chi connectivity index (χ0) is 10.6. The van der Waals surface area contributed by atoms with E-state index in [-0.39, 0.29) is 0 Å². The molecular formula is C11H15N3. The van der Waals surface area contributed by atoms with Crippen molar-refractivity contribution < 1.29 is 0 Å². The third-order valence-corrected chi connectivity index (χ3v) is 1.97. The van der Waals surface area contributed by atoms with Gasteiger partial charge < -0.3 is 4.90 Å². The van der Waals surface area contributed by atoms with Gasteiger partial charge in [-0.3, -0.25) is 5.41 Å². The van der Waals surface area contributed by atoms with Gasteiger partial charge in [-0.1, -0.05) is 30.3 Å². The number of nitrogens with zero attached hydrogens (tertiary/aromatic N) is 2. The summed E-state index contributed by atoms with van der Waals surface area (Å²) in [6, 6.07) is 9.51. The van der Waals surface area contributed by atoms with Gasteiger partial charge in [-0.25, -0.2) is 4.99 Å². The third kappa shape index (κ3) is 2.69. The first-order chi connectivity index (χ1) is 6.61. The second kappa shape index (κ2) is 4.56. The molecule has 1 rings (SSSR count). The van der Waals surface area contributed by atoms with Crippen molar-refractivity contribution in [2.24, 2.45) is 4.99 Å². The molecule has 1 aromatic carbocycles. The third-order valence-electron chi connectivity index (χ3n) is 1.97. The van der Waals surface area contributed by atoms with Gasteiger partial charge in [-0.15, -0.1) is 0 Å². The minimum atomic E-state index is 0.303. The summed E-state index contributed by atoms with van der Waals surface area (Å²) in [5, 5.41) is 7.74. The van der Waals surface area contributed by atoms with Crippen LogP contribution in [0.25, 0.3) is 0 Å². The number of hydrogen-bond acceptors (Lipinski definition) is 1. The van der Waals surface area contributed by atoms with Gasteiger partial charge in [0.25, 0.3) is 0 Å². The number of aliphatic imine (C=N–C) groups is 1. The average Bonchev–Trinajstić information content (AvgIpc) is 2.19. The summed E-state index contributed by atoms with van der Waals surface area (Å²) in [7, 11) is 3.83. The Morgan fingerprint density at radius 3 is 2.29 bits per heavy atom. The molecule has 0 saturated heterocycles. The molecule has 0 heterocycles. The fraction of sp³-hybridized carbons (Fsp3) is 0.273. The molecule has 74 valence electrons. The zero-order valence-corrected chi connectivity index (χ0v) is 8.78. The molecule has 0 radical (unpaired) electrons. The Bertz CT molecular complexity index is 339. The maximum Gasteiger partial charge on any atom is 0.153 e. The summed E-state index contributed by atoms with van der Waals surface area (Å²) >= 11 is 0. The molecule has 0 fully saturated rings. The van der Waals surface area contributed by atoms with Crippen LogP contribution >= 0.6 is 0 Å². The summed E-state index contributed by atoms with van der Waals surface area (Å²) in [6.07, 6.45) is 0. The average molecular weight is 189 g/mol. The first-order valence-corrected chi connectivity index (χ1v) is 4.48. The number of amidine groups is 2. The van der Waals surface area contributed by atoms with Gasteiger partial charge in [0, 0.05) is 19.7 Å². The van der Waals surface area contributed by atoms with Crippen molar-refractivity contribution in [3.05, 3.63) is 35.9 Å². The first-order valence-electron chi connectivity index (χ1n) is 4.48. The quantitative estimate of drug-likeness (QED) is 0.532. The molecule has 0 bridgehead atoms. The highest BCUT2D eigenvalue weighted by atomic mass is 15.1. The first kappa shape index (κ1) is 10.4. The van der Waals surface area contributed by atoms with Crippen LogP contribution in [-0.2, 0) is 0 Å². The lowest BCUT2D eigenvalue weighted by atomic mass is 10.2. The topological polar surface area (TPSA) is 39.5 Å². The molecule has 0 amide bonds. The van der Waals surface area contributed by atoms with Gasteiger partial charge in [0.05, 0.1) is 0 Å². The van der Waals surface area contributed by atoms with Gasteiger partial charge in [-0.05, 0) is 6.92 Å². The Hall–Kier alpha value is -1.64. The number of hydrogen-bond donors (Lipinski definition) is 1. The van der Waals surface area contributed by atoms with Crippen LogP contribution in [0.5, 0.6) is 0 Å². The second-order valence-corrected chi connectivity index (χ2v) is 3.27. The molecule has 14 heavy (non-hydrogen) atoms. The molecule has 3 nitrogen and oxygen atoms in total. The molecular weight excluding hydrogens is 174 g/mol. The van der Waals surface area contributed by atoms with Crippen molar-refractivity contribution in [1.29, 1.82) is 5.41 Å². The molecule has 0 aliphatic carbocycles. The maximum absolute atomic E-state index is 7.74. The van der Waals surface area contributed by atoms with E-state index in [0.29, 0.717) is 5.84 Å². The van der Waals surface area contributed by atoms with Crippen molar-refractivity contribution in [2.45, 2.75) is 6.92 Å². The molecule has 0 aliphatic heterocycles. The molecule has 0 spiro atoms. The van der Waals surface area contributed by atoms with Gasteiger partial charge in [-0.2, -0.15) is 0 Å². The fourth-order valence-corrected chi connectivity index (χ4v) is 0.922. The van der Waals surface area contributed by atoms with Crippen molar-refractivity contribution in [2.75, 3.05) is 14.1 Å². The van der Waals surface area contributed by atoms with E-state index in [0.717, 1.165) is 11.4 Å². The highest BCUT2D eigenvalue weighted by molar-refractivity contribution is 6.04. The minimum Gasteiger partial charge on any atom is -0.366 e. The zero-order valence-electron chi connectivity index (χ0n) is 8.78. The second-order valence-electron chi connectivity index (χ2n) is 3.27. The smallest absolute Gasteiger partial charge is 0.153 e. The monoisotopic (exact) mass is 189 g/mol. The summed E-state index contributed by atoms with van der Waals surface area (Å²) in [6.45, 7) is 1.89. The lowest BCUT2D eigenvalue weighted by molar-refractivity contribution is 0.619. The van der Waals surface area contributed by atoms with Crippen LogP contribution in [0.15, 0.2) is 35.3 Å². The maximum atomic E-state index is 7.74. The van der Waals surface area contributed by atoms with Crippen LogP contribution < -0.4 is 0 Å². The van der Waals surface area contributed by atoms with Crippen LogP contribution in [0.1, 0.15) is 12.5 Å². The highest BCUT2D eigenvalue weighted by Gasteiger charge is 1.99. The van der Waals surface area contributed by atoms with Gasteiger partial charge >= 0.3 is 0 Å². The van der Waals surface area contributed by atoms with Crippen molar-refractivity contribution in [1.82, 2.24) is 4.90 Å². The van der Waals surface area contributed by atoms with Gasteiger partial charge in [0.2, 0.25) is 0 Å². The predicted molar refractivity (Wildman–Crippen MR) is 60.1 cm³/mol. The minimum absolute atomic E-state index is 0.303. The predicted octanol–water partition coefficient (Wildman–Crippen LogP) is 1.99. The van der Waals surface area contributed by atoms with Crippen LogP contribution in [0, 0.1) is 5.41 Å². The Balaban J connectivity index is 2.83. The summed E-state index contributed by atoms with van der Waals surface area (Å²) in [4.78, 5) is 6.06. The molecule has 0 saturated carbocycles.